The quantitative estimate of drug-likeness (QED) is 0.686. The van der Waals surface area contributed by atoms with E-state index in [0.29, 0.717) is 12.3 Å². The van der Waals surface area contributed by atoms with Crippen LogP contribution in [0.4, 0.5) is 13.2 Å². The van der Waals surface area contributed by atoms with Crippen LogP contribution in [0.1, 0.15) is 19.3 Å². The Labute approximate surface area is 81.7 Å². The molecule has 1 aliphatic carbocycles. The molecule has 1 rings (SSSR count). The molecule has 1 aliphatic rings. The van der Waals surface area contributed by atoms with Crippen molar-refractivity contribution in [3.05, 3.63) is 0 Å². The zero-order chi connectivity index (χ0) is 9.90. The lowest BCUT2D eigenvalue weighted by Gasteiger charge is -2.22. The largest absolute Gasteiger partial charge is 0.401 e. The third-order valence-electron chi connectivity index (χ3n) is 2.05. The number of alkyl halides is 3. The van der Waals surface area contributed by atoms with E-state index >= 15 is 0 Å². The summed E-state index contributed by atoms with van der Waals surface area (Å²) in [5, 5.41) is 0. The highest BCUT2D eigenvalue weighted by molar-refractivity contribution is 7.80. The molecule has 0 atom stereocenters. The summed E-state index contributed by atoms with van der Waals surface area (Å²) in [6.45, 7) is -0.237. The van der Waals surface area contributed by atoms with E-state index in [-0.39, 0.29) is 6.04 Å². The van der Waals surface area contributed by atoms with Crippen molar-refractivity contribution in [1.82, 2.24) is 4.90 Å². The lowest BCUT2D eigenvalue weighted by atomic mass is 10.4. The van der Waals surface area contributed by atoms with Gasteiger partial charge in [0.25, 0.3) is 0 Å². The highest BCUT2D eigenvalue weighted by atomic mass is 32.1. The third-order valence-corrected chi connectivity index (χ3v) is 2.37. The van der Waals surface area contributed by atoms with Gasteiger partial charge in [-0.15, -0.1) is 0 Å². The number of rotatable bonds is 5. The van der Waals surface area contributed by atoms with E-state index in [1.54, 1.807) is 0 Å². The number of hydrogen-bond donors (Lipinski definition) is 1. The van der Waals surface area contributed by atoms with E-state index in [0.717, 1.165) is 19.3 Å². The van der Waals surface area contributed by atoms with Gasteiger partial charge in [0.2, 0.25) is 0 Å². The third kappa shape index (κ3) is 4.76. The second-order valence-electron chi connectivity index (χ2n) is 3.39. The standard InChI is InChI=1S/C8H14F3NS/c9-8(10,11)6-12(4-1-5-13)7-2-3-7/h7,13H,1-6H2. The normalized spacial score (nSPS) is 18.2. The van der Waals surface area contributed by atoms with Gasteiger partial charge in [-0.2, -0.15) is 25.8 Å². The van der Waals surface area contributed by atoms with Crippen LogP contribution < -0.4 is 0 Å². The van der Waals surface area contributed by atoms with Gasteiger partial charge in [-0.25, -0.2) is 0 Å². The summed E-state index contributed by atoms with van der Waals surface area (Å²) in [5.41, 5.74) is 0. The second-order valence-corrected chi connectivity index (χ2v) is 3.84. The van der Waals surface area contributed by atoms with E-state index in [9.17, 15) is 13.2 Å². The Hall–Kier alpha value is 0.100. The van der Waals surface area contributed by atoms with E-state index < -0.39 is 12.7 Å². The molecule has 5 heteroatoms. The Kier molecular flexibility index (Phi) is 3.91. The van der Waals surface area contributed by atoms with E-state index in [4.69, 9.17) is 0 Å². The molecule has 0 bridgehead atoms. The second kappa shape index (κ2) is 4.55. The first-order valence-electron chi connectivity index (χ1n) is 4.44. The van der Waals surface area contributed by atoms with Gasteiger partial charge in [0.15, 0.2) is 0 Å². The molecular formula is C8H14F3NS. The maximum atomic E-state index is 12.1. The summed E-state index contributed by atoms with van der Waals surface area (Å²) in [7, 11) is 0. The summed E-state index contributed by atoms with van der Waals surface area (Å²) < 4.78 is 36.2. The molecule has 0 N–H and O–H groups in total. The van der Waals surface area contributed by atoms with Crippen LogP contribution in [0.15, 0.2) is 0 Å². The predicted molar refractivity (Wildman–Crippen MR) is 49.1 cm³/mol. The molecule has 0 heterocycles. The molecule has 0 unspecified atom stereocenters. The lowest BCUT2D eigenvalue weighted by molar-refractivity contribution is -0.147. The highest BCUT2D eigenvalue weighted by Gasteiger charge is 2.37. The summed E-state index contributed by atoms with van der Waals surface area (Å²) in [6.07, 6.45) is -1.49. The first-order valence-corrected chi connectivity index (χ1v) is 5.08. The minimum atomic E-state index is -4.06. The van der Waals surface area contributed by atoms with Crippen molar-refractivity contribution in [3.63, 3.8) is 0 Å². The molecule has 13 heavy (non-hydrogen) atoms. The van der Waals surface area contributed by atoms with Crippen molar-refractivity contribution in [2.45, 2.75) is 31.5 Å². The van der Waals surface area contributed by atoms with Crippen molar-refractivity contribution in [2.75, 3.05) is 18.8 Å². The molecule has 78 valence electrons. The van der Waals surface area contributed by atoms with E-state index in [2.05, 4.69) is 12.6 Å². The fourth-order valence-corrected chi connectivity index (χ4v) is 1.48. The number of hydrogen-bond acceptors (Lipinski definition) is 2. The van der Waals surface area contributed by atoms with Crippen LogP contribution in [0.2, 0.25) is 0 Å². The molecule has 1 saturated carbocycles. The maximum Gasteiger partial charge on any atom is 0.401 e. The Balaban J connectivity index is 2.29. The number of thiol groups is 1. The average molecular weight is 213 g/mol. The van der Waals surface area contributed by atoms with Crippen molar-refractivity contribution < 1.29 is 13.2 Å². The zero-order valence-electron chi connectivity index (χ0n) is 7.35. The summed E-state index contributed by atoms with van der Waals surface area (Å²) in [5.74, 6) is 0.654. The molecule has 0 radical (unpaired) electrons. The molecule has 0 aromatic carbocycles. The Morgan fingerprint density at radius 1 is 1.31 bits per heavy atom. The van der Waals surface area contributed by atoms with Crippen LogP contribution in [-0.2, 0) is 0 Å². The summed E-state index contributed by atoms with van der Waals surface area (Å²) in [4.78, 5) is 1.52. The van der Waals surface area contributed by atoms with Gasteiger partial charge >= 0.3 is 6.18 Å². The van der Waals surface area contributed by atoms with Crippen LogP contribution in [0, 0.1) is 0 Å². The van der Waals surface area contributed by atoms with Crippen molar-refractivity contribution in [3.8, 4) is 0 Å². The summed E-state index contributed by atoms with van der Waals surface area (Å²) >= 11 is 3.99. The molecule has 0 aromatic rings. The van der Waals surface area contributed by atoms with Crippen LogP contribution in [0.3, 0.4) is 0 Å². The van der Waals surface area contributed by atoms with Gasteiger partial charge in [-0.3, -0.25) is 4.90 Å². The van der Waals surface area contributed by atoms with Gasteiger partial charge in [0.05, 0.1) is 6.54 Å². The molecule has 1 fully saturated rings. The fourth-order valence-electron chi connectivity index (χ4n) is 1.33. The van der Waals surface area contributed by atoms with Crippen LogP contribution in [0.25, 0.3) is 0 Å². The molecule has 0 aliphatic heterocycles. The first-order chi connectivity index (χ1) is 6.03. The topological polar surface area (TPSA) is 3.24 Å². The summed E-state index contributed by atoms with van der Waals surface area (Å²) in [6, 6.07) is 0.182. The molecule has 0 aromatic heterocycles. The first kappa shape index (κ1) is 11.2. The van der Waals surface area contributed by atoms with E-state index in [1.807, 2.05) is 0 Å². The predicted octanol–water partition coefficient (Wildman–Crippen LogP) is 2.33. The minimum absolute atomic E-state index is 0.182. The molecule has 1 nitrogen and oxygen atoms in total. The molecule has 0 spiro atoms. The van der Waals surface area contributed by atoms with Gasteiger partial charge < -0.3 is 0 Å². The van der Waals surface area contributed by atoms with Gasteiger partial charge in [-0.1, -0.05) is 0 Å². The average Bonchev–Trinajstić information content (AvgIpc) is 2.77. The van der Waals surface area contributed by atoms with Crippen LogP contribution >= 0.6 is 12.6 Å². The van der Waals surface area contributed by atoms with E-state index in [1.165, 1.54) is 4.90 Å². The number of halogens is 3. The monoisotopic (exact) mass is 213 g/mol. The molecule has 0 saturated heterocycles. The van der Waals surface area contributed by atoms with Crippen molar-refractivity contribution in [1.29, 1.82) is 0 Å². The van der Waals surface area contributed by atoms with Gasteiger partial charge in [0.1, 0.15) is 0 Å². The fraction of sp³-hybridized carbons (Fsp3) is 1.00. The number of nitrogens with zero attached hydrogens (tertiary/aromatic N) is 1. The maximum absolute atomic E-state index is 12.1. The van der Waals surface area contributed by atoms with Gasteiger partial charge in [0, 0.05) is 6.04 Å². The Morgan fingerprint density at radius 2 is 1.92 bits per heavy atom. The molecule has 0 amide bonds. The van der Waals surface area contributed by atoms with Crippen molar-refractivity contribution >= 4 is 12.6 Å². The van der Waals surface area contributed by atoms with Crippen molar-refractivity contribution in [2.24, 2.45) is 0 Å². The smallest absolute Gasteiger partial charge is 0.292 e. The SMILES string of the molecule is FC(F)(F)CN(CCCS)C1CC1. The lowest BCUT2D eigenvalue weighted by Crippen LogP contribution is -2.36. The molecular weight excluding hydrogens is 199 g/mol. The van der Waals surface area contributed by atoms with Crippen LogP contribution in [0.5, 0.6) is 0 Å². The Morgan fingerprint density at radius 3 is 2.31 bits per heavy atom. The van der Waals surface area contributed by atoms with Crippen LogP contribution in [-0.4, -0.2) is 36.0 Å². The minimum Gasteiger partial charge on any atom is -0.292 e. The Bertz CT molecular complexity index is 156. The van der Waals surface area contributed by atoms with Gasteiger partial charge in [-0.05, 0) is 31.6 Å². The zero-order valence-corrected chi connectivity index (χ0v) is 8.24. The highest BCUT2D eigenvalue weighted by Crippen LogP contribution is 2.29.